The van der Waals surface area contributed by atoms with Crippen molar-refractivity contribution in [3.8, 4) is 0 Å². The van der Waals surface area contributed by atoms with E-state index in [0.717, 1.165) is 4.57 Å². The summed E-state index contributed by atoms with van der Waals surface area (Å²) in [5.41, 5.74) is 0.0527. The number of aliphatic hydroxyl groups is 1. The van der Waals surface area contributed by atoms with Gasteiger partial charge in [0.15, 0.2) is 11.2 Å². The lowest BCUT2D eigenvalue weighted by molar-refractivity contribution is 0.251. The van der Waals surface area contributed by atoms with Gasteiger partial charge in [0, 0.05) is 33.2 Å². The second-order valence-electron chi connectivity index (χ2n) is 4.85. The van der Waals surface area contributed by atoms with E-state index >= 15 is 0 Å². The zero-order valence-corrected chi connectivity index (χ0v) is 11.8. The van der Waals surface area contributed by atoms with Gasteiger partial charge in [-0.3, -0.25) is 13.9 Å². The molecule has 0 bridgehead atoms. The van der Waals surface area contributed by atoms with Crippen LogP contribution in [0, 0.1) is 0 Å². The van der Waals surface area contributed by atoms with Gasteiger partial charge in [-0.1, -0.05) is 0 Å². The first-order valence-electron chi connectivity index (χ1n) is 6.42. The summed E-state index contributed by atoms with van der Waals surface area (Å²) in [5.74, 6) is 0. The minimum atomic E-state index is -0.389. The third kappa shape index (κ3) is 2.39. The van der Waals surface area contributed by atoms with Crippen LogP contribution in [-0.4, -0.2) is 43.0 Å². The molecule has 8 heteroatoms. The molecule has 2 N–H and O–H groups in total. The largest absolute Gasteiger partial charge is 0.395 e. The molecule has 2 aromatic rings. The molecule has 0 saturated carbocycles. The number of rotatable bonds is 5. The van der Waals surface area contributed by atoms with E-state index in [1.807, 2.05) is 6.92 Å². The highest BCUT2D eigenvalue weighted by atomic mass is 16.3. The number of aryl methyl sites for hydroxylation is 1. The molecule has 0 radical (unpaired) electrons. The Kier molecular flexibility index (Phi) is 4.05. The summed E-state index contributed by atoms with van der Waals surface area (Å²) in [5, 5.41) is 12.1. The molecule has 0 amide bonds. The number of nitrogens with zero attached hydrogens (tertiary/aromatic N) is 4. The minimum Gasteiger partial charge on any atom is -0.395 e. The third-order valence-corrected chi connectivity index (χ3v) is 3.34. The quantitative estimate of drug-likeness (QED) is 0.689. The summed E-state index contributed by atoms with van der Waals surface area (Å²) in [7, 11) is 3.04. The average molecular weight is 281 g/mol. The zero-order chi connectivity index (χ0) is 14.9. The molecule has 1 atom stereocenters. The van der Waals surface area contributed by atoms with Gasteiger partial charge in [-0.15, -0.1) is 0 Å². The SMILES string of the molecule is C[C@@H](CO)NCCn1cnc2c1c(=O)n(C)c(=O)n2C. The fraction of sp³-hybridized carbons (Fsp3) is 0.583. The fourth-order valence-electron chi connectivity index (χ4n) is 2.06. The molecule has 20 heavy (non-hydrogen) atoms. The van der Waals surface area contributed by atoms with E-state index < -0.39 is 0 Å². The Morgan fingerprint density at radius 3 is 2.70 bits per heavy atom. The predicted octanol–water partition coefficient (Wildman–Crippen LogP) is -1.60. The highest BCUT2D eigenvalue weighted by molar-refractivity contribution is 5.69. The lowest BCUT2D eigenvalue weighted by atomic mass is 10.3. The minimum absolute atomic E-state index is 0.00280. The van der Waals surface area contributed by atoms with Crippen LogP contribution in [0.25, 0.3) is 11.2 Å². The van der Waals surface area contributed by atoms with Crippen molar-refractivity contribution in [2.24, 2.45) is 14.1 Å². The van der Waals surface area contributed by atoms with Crippen LogP contribution in [0.1, 0.15) is 6.92 Å². The smallest absolute Gasteiger partial charge is 0.332 e. The summed E-state index contributed by atoms with van der Waals surface area (Å²) in [6.07, 6.45) is 1.55. The number of fused-ring (bicyclic) bond motifs is 1. The van der Waals surface area contributed by atoms with Crippen LogP contribution in [0.5, 0.6) is 0 Å². The number of aromatic nitrogens is 4. The maximum absolute atomic E-state index is 12.2. The van der Waals surface area contributed by atoms with Gasteiger partial charge in [0.2, 0.25) is 0 Å². The maximum atomic E-state index is 12.2. The van der Waals surface area contributed by atoms with Gasteiger partial charge in [-0.2, -0.15) is 0 Å². The van der Waals surface area contributed by atoms with Crippen molar-refractivity contribution in [3.63, 3.8) is 0 Å². The lowest BCUT2D eigenvalue weighted by Gasteiger charge is -2.11. The van der Waals surface area contributed by atoms with Crippen molar-refractivity contribution in [3.05, 3.63) is 27.2 Å². The molecule has 0 aliphatic carbocycles. The monoisotopic (exact) mass is 281 g/mol. The number of hydrogen-bond donors (Lipinski definition) is 2. The summed E-state index contributed by atoms with van der Waals surface area (Å²) in [6.45, 7) is 3.06. The first-order valence-corrected chi connectivity index (χ1v) is 6.42. The Balaban J connectivity index is 2.37. The van der Waals surface area contributed by atoms with E-state index in [1.165, 1.54) is 11.6 Å². The van der Waals surface area contributed by atoms with Crippen LogP contribution in [0.2, 0.25) is 0 Å². The van der Waals surface area contributed by atoms with Gasteiger partial charge in [-0.25, -0.2) is 9.78 Å². The van der Waals surface area contributed by atoms with Gasteiger partial charge in [0.1, 0.15) is 0 Å². The molecule has 0 saturated heterocycles. The van der Waals surface area contributed by atoms with Gasteiger partial charge in [-0.05, 0) is 6.92 Å². The second-order valence-corrected chi connectivity index (χ2v) is 4.85. The average Bonchev–Trinajstić information content (AvgIpc) is 2.86. The van der Waals surface area contributed by atoms with Gasteiger partial charge in [0.05, 0.1) is 12.9 Å². The van der Waals surface area contributed by atoms with Gasteiger partial charge < -0.3 is 15.0 Å². The Bertz CT molecular complexity index is 727. The topological polar surface area (TPSA) is 94.1 Å². The van der Waals surface area contributed by atoms with Crippen molar-refractivity contribution in [2.75, 3.05) is 13.2 Å². The normalized spacial score (nSPS) is 13.0. The van der Waals surface area contributed by atoms with Crippen LogP contribution in [0.15, 0.2) is 15.9 Å². The van der Waals surface area contributed by atoms with Crippen molar-refractivity contribution in [2.45, 2.75) is 19.5 Å². The lowest BCUT2D eigenvalue weighted by Crippen LogP contribution is -2.38. The molecule has 0 aliphatic heterocycles. The van der Waals surface area contributed by atoms with Crippen molar-refractivity contribution in [1.29, 1.82) is 0 Å². The molecule has 0 unspecified atom stereocenters. The molecule has 2 heterocycles. The van der Waals surface area contributed by atoms with Crippen molar-refractivity contribution >= 4 is 11.2 Å². The second kappa shape index (κ2) is 5.59. The van der Waals surface area contributed by atoms with Crippen LogP contribution in [-0.2, 0) is 20.6 Å². The van der Waals surface area contributed by atoms with E-state index in [-0.39, 0.29) is 23.9 Å². The standard InChI is InChI=1S/C12H19N5O3/c1-8(6-18)13-4-5-17-7-14-10-9(17)11(19)16(3)12(20)15(10)2/h7-8,13,18H,4-6H2,1-3H3/t8-/m0/s1. The summed E-state index contributed by atoms with van der Waals surface area (Å²) >= 11 is 0. The Morgan fingerprint density at radius 1 is 1.35 bits per heavy atom. The Morgan fingerprint density at radius 2 is 2.05 bits per heavy atom. The van der Waals surface area contributed by atoms with Gasteiger partial charge >= 0.3 is 5.69 Å². The van der Waals surface area contributed by atoms with Crippen LogP contribution in [0.3, 0.4) is 0 Å². The van der Waals surface area contributed by atoms with Crippen LogP contribution in [0.4, 0.5) is 0 Å². The summed E-state index contributed by atoms with van der Waals surface area (Å²) in [6, 6.07) is -0.00280. The molecule has 110 valence electrons. The number of imidazole rings is 1. The molecular weight excluding hydrogens is 262 g/mol. The molecular formula is C12H19N5O3. The Labute approximate surface area is 115 Å². The van der Waals surface area contributed by atoms with Crippen molar-refractivity contribution < 1.29 is 5.11 Å². The van der Waals surface area contributed by atoms with E-state index in [1.54, 1.807) is 17.9 Å². The van der Waals surface area contributed by atoms with Crippen LogP contribution < -0.4 is 16.6 Å². The first kappa shape index (κ1) is 14.5. The molecule has 0 aliphatic rings. The molecule has 0 aromatic carbocycles. The van der Waals surface area contributed by atoms with E-state index in [9.17, 15) is 9.59 Å². The Hall–Kier alpha value is -1.93. The third-order valence-electron chi connectivity index (χ3n) is 3.34. The van der Waals surface area contributed by atoms with E-state index in [0.29, 0.717) is 24.3 Å². The molecule has 2 rings (SSSR count). The highest BCUT2D eigenvalue weighted by Crippen LogP contribution is 2.04. The molecule has 2 aromatic heterocycles. The highest BCUT2D eigenvalue weighted by Gasteiger charge is 2.13. The molecule has 0 fully saturated rings. The molecule has 0 spiro atoms. The number of hydrogen-bond acceptors (Lipinski definition) is 5. The summed E-state index contributed by atoms with van der Waals surface area (Å²) < 4.78 is 4.15. The number of aliphatic hydroxyl groups excluding tert-OH is 1. The number of nitrogens with one attached hydrogen (secondary N) is 1. The zero-order valence-electron chi connectivity index (χ0n) is 11.8. The predicted molar refractivity (Wildman–Crippen MR) is 74.8 cm³/mol. The van der Waals surface area contributed by atoms with E-state index in [4.69, 9.17) is 5.11 Å². The van der Waals surface area contributed by atoms with Gasteiger partial charge in [0.25, 0.3) is 5.56 Å². The van der Waals surface area contributed by atoms with Crippen molar-refractivity contribution in [1.82, 2.24) is 24.0 Å². The van der Waals surface area contributed by atoms with Crippen LogP contribution >= 0.6 is 0 Å². The molecule has 8 nitrogen and oxygen atoms in total. The van der Waals surface area contributed by atoms with E-state index in [2.05, 4.69) is 10.3 Å². The maximum Gasteiger partial charge on any atom is 0.332 e. The fourth-order valence-corrected chi connectivity index (χ4v) is 2.06. The first-order chi connectivity index (χ1) is 9.47. The summed E-state index contributed by atoms with van der Waals surface area (Å²) in [4.78, 5) is 28.1.